The average molecular weight is 669 g/mol. The molecule has 0 aromatic rings. The van der Waals surface area contributed by atoms with Gasteiger partial charge < -0.3 is 52.1 Å². The van der Waals surface area contributed by atoms with Crippen molar-refractivity contribution in [2.75, 3.05) is 139 Å². The van der Waals surface area contributed by atoms with Gasteiger partial charge in [-0.15, -0.1) is 0 Å². The molecule has 0 radical (unpaired) electrons. The van der Waals surface area contributed by atoms with Gasteiger partial charge in [0.05, 0.1) is 126 Å². The Morgan fingerprint density at radius 2 is 0.717 bits per heavy atom. The van der Waals surface area contributed by atoms with E-state index in [0.29, 0.717) is 138 Å². The van der Waals surface area contributed by atoms with Crippen molar-refractivity contribution in [2.24, 2.45) is 5.92 Å². The second-order valence-corrected chi connectivity index (χ2v) is 10.8. The number of rotatable bonds is 40. The Morgan fingerprint density at radius 1 is 0.413 bits per heavy atom. The Labute approximate surface area is 279 Å². The van der Waals surface area contributed by atoms with Gasteiger partial charge in [-0.05, 0) is 12.3 Å². The Hall–Kier alpha value is -0.930. The normalized spacial score (nSPS) is 12.2. The maximum Gasteiger partial charge on any atom is 0.305 e. The molecule has 0 saturated carbocycles. The first-order chi connectivity index (χ1) is 22.7. The molecule has 0 fully saturated rings. The molecule has 0 aliphatic carbocycles. The van der Waals surface area contributed by atoms with Crippen LogP contribution in [0.4, 0.5) is 0 Å². The van der Waals surface area contributed by atoms with Crippen LogP contribution in [0, 0.1) is 5.92 Å². The summed E-state index contributed by atoms with van der Waals surface area (Å²) >= 11 is 0. The van der Waals surface area contributed by atoms with Crippen molar-refractivity contribution in [3.8, 4) is 0 Å². The van der Waals surface area contributed by atoms with Gasteiger partial charge in [-0.3, -0.25) is 4.79 Å². The van der Waals surface area contributed by atoms with Crippen LogP contribution in [0.15, 0.2) is 0 Å². The highest BCUT2D eigenvalue weighted by Crippen LogP contribution is 2.07. The molecule has 276 valence electrons. The van der Waals surface area contributed by atoms with Crippen LogP contribution in [-0.4, -0.2) is 145 Å². The predicted molar refractivity (Wildman–Crippen MR) is 177 cm³/mol. The quantitative estimate of drug-likeness (QED) is 0.0676. The largest absolute Gasteiger partial charge is 0.463 e. The van der Waals surface area contributed by atoms with E-state index in [9.17, 15) is 4.79 Å². The lowest BCUT2D eigenvalue weighted by atomic mass is 10.1. The lowest BCUT2D eigenvalue weighted by molar-refractivity contribution is -0.145. The fourth-order valence-electron chi connectivity index (χ4n) is 3.72. The minimum atomic E-state index is -0.141. The molecule has 46 heavy (non-hydrogen) atoms. The van der Waals surface area contributed by atoms with Crippen LogP contribution < -0.4 is 0 Å². The first-order valence-electron chi connectivity index (χ1n) is 17.6. The van der Waals surface area contributed by atoms with Crippen LogP contribution in [-0.2, 0) is 56.9 Å². The number of unbranched alkanes of at least 4 members (excludes halogenated alkanes) is 5. The van der Waals surface area contributed by atoms with E-state index < -0.39 is 0 Å². The van der Waals surface area contributed by atoms with E-state index in [2.05, 4.69) is 20.8 Å². The fraction of sp³-hybridized carbons (Fsp3) is 0.971. The summed E-state index contributed by atoms with van der Waals surface area (Å²) < 4.78 is 59.9. The van der Waals surface area contributed by atoms with Gasteiger partial charge in [0.25, 0.3) is 0 Å². The van der Waals surface area contributed by atoms with Gasteiger partial charge in [0.15, 0.2) is 0 Å². The second kappa shape index (κ2) is 40.2. The molecule has 1 unspecified atom stereocenters. The molecule has 0 N–H and O–H groups in total. The third-order valence-electron chi connectivity index (χ3n) is 6.67. The van der Waals surface area contributed by atoms with Gasteiger partial charge in [-0.2, -0.15) is 0 Å². The standard InChI is InChI=1S/C34H68O12/c1-4-6-7-8-9-10-11-34(35)46-31-30-44-27-26-42-23-22-40-19-18-38-15-14-36-12-13-37-16-17-39-20-21-41-24-25-43-28-29-45-32-33(3)5-2/h33H,4-32H2,1-3H3. The van der Waals surface area contributed by atoms with Crippen molar-refractivity contribution in [3.05, 3.63) is 0 Å². The lowest BCUT2D eigenvalue weighted by Gasteiger charge is -2.10. The van der Waals surface area contributed by atoms with Gasteiger partial charge in [0, 0.05) is 13.0 Å². The Morgan fingerprint density at radius 3 is 1.07 bits per heavy atom. The smallest absolute Gasteiger partial charge is 0.305 e. The Bertz CT molecular complexity index is 584. The molecular weight excluding hydrogens is 600 g/mol. The maximum absolute atomic E-state index is 11.7. The zero-order valence-electron chi connectivity index (χ0n) is 29.5. The highest BCUT2D eigenvalue weighted by Gasteiger charge is 2.03. The molecule has 12 nitrogen and oxygen atoms in total. The number of ether oxygens (including phenoxy) is 11. The summed E-state index contributed by atoms with van der Waals surface area (Å²) in [6, 6.07) is 0. The zero-order chi connectivity index (χ0) is 33.4. The van der Waals surface area contributed by atoms with Crippen LogP contribution in [0.3, 0.4) is 0 Å². The first kappa shape index (κ1) is 45.1. The fourth-order valence-corrected chi connectivity index (χ4v) is 3.72. The van der Waals surface area contributed by atoms with Gasteiger partial charge >= 0.3 is 5.97 Å². The van der Waals surface area contributed by atoms with Gasteiger partial charge in [0.2, 0.25) is 0 Å². The first-order valence-corrected chi connectivity index (χ1v) is 17.6. The minimum absolute atomic E-state index is 0.141. The summed E-state index contributed by atoms with van der Waals surface area (Å²) in [7, 11) is 0. The highest BCUT2D eigenvalue weighted by atomic mass is 16.6. The molecule has 0 aromatic heterocycles. The zero-order valence-corrected chi connectivity index (χ0v) is 29.5. The van der Waals surface area contributed by atoms with Crippen molar-refractivity contribution in [1.82, 2.24) is 0 Å². The SMILES string of the molecule is CCCCCCCCC(=O)OCCOCCOCCOCCOCCOCCOCCOCCOCCOCCOCC(C)CC. The Balaban J connectivity index is 3.10. The number of carbonyl (C=O) groups excluding carboxylic acids is 1. The van der Waals surface area contributed by atoms with Crippen molar-refractivity contribution in [2.45, 2.75) is 72.1 Å². The number of carbonyl (C=O) groups is 1. The van der Waals surface area contributed by atoms with Gasteiger partial charge in [-0.25, -0.2) is 0 Å². The molecular formula is C34H68O12. The number of esters is 1. The van der Waals surface area contributed by atoms with Crippen molar-refractivity contribution in [1.29, 1.82) is 0 Å². The number of hydrogen-bond donors (Lipinski definition) is 0. The van der Waals surface area contributed by atoms with Crippen LogP contribution in [0.5, 0.6) is 0 Å². The molecule has 0 saturated heterocycles. The van der Waals surface area contributed by atoms with E-state index in [-0.39, 0.29) is 12.6 Å². The van der Waals surface area contributed by atoms with Crippen LogP contribution in [0.25, 0.3) is 0 Å². The van der Waals surface area contributed by atoms with Crippen LogP contribution in [0.2, 0.25) is 0 Å². The summed E-state index contributed by atoms with van der Waals surface area (Å²) in [5.41, 5.74) is 0. The third kappa shape index (κ3) is 39.2. The molecule has 0 aromatic carbocycles. The summed E-state index contributed by atoms with van der Waals surface area (Å²) in [6.07, 6.45) is 8.57. The summed E-state index contributed by atoms with van der Waals surface area (Å²) in [6.45, 7) is 17.4. The summed E-state index contributed by atoms with van der Waals surface area (Å²) in [5, 5.41) is 0. The van der Waals surface area contributed by atoms with E-state index in [1.54, 1.807) is 0 Å². The van der Waals surface area contributed by atoms with Gasteiger partial charge in [0.1, 0.15) is 6.61 Å². The molecule has 0 aliphatic rings. The maximum atomic E-state index is 11.7. The lowest BCUT2D eigenvalue weighted by Crippen LogP contribution is -2.15. The van der Waals surface area contributed by atoms with E-state index >= 15 is 0 Å². The monoisotopic (exact) mass is 668 g/mol. The molecule has 12 heteroatoms. The predicted octanol–water partition coefficient (Wildman–Crippen LogP) is 4.49. The third-order valence-corrected chi connectivity index (χ3v) is 6.67. The van der Waals surface area contributed by atoms with E-state index in [1.807, 2.05) is 0 Å². The molecule has 0 spiro atoms. The van der Waals surface area contributed by atoms with E-state index in [0.717, 1.165) is 25.9 Å². The number of hydrogen-bond acceptors (Lipinski definition) is 12. The van der Waals surface area contributed by atoms with Crippen LogP contribution in [0.1, 0.15) is 72.1 Å². The van der Waals surface area contributed by atoms with Crippen molar-refractivity contribution in [3.63, 3.8) is 0 Å². The molecule has 0 aliphatic heterocycles. The van der Waals surface area contributed by atoms with Crippen molar-refractivity contribution >= 4 is 5.97 Å². The summed E-state index contributed by atoms with van der Waals surface area (Å²) in [4.78, 5) is 11.7. The van der Waals surface area contributed by atoms with Crippen molar-refractivity contribution < 1.29 is 56.9 Å². The molecule has 0 heterocycles. The average Bonchev–Trinajstić information content (AvgIpc) is 3.06. The van der Waals surface area contributed by atoms with E-state index in [4.69, 9.17) is 52.1 Å². The highest BCUT2D eigenvalue weighted by molar-refractivity contribution is 5.69. The van der Waals surface area contributed by atoms with E-state index in [1.165, 1.54) is 25.7 Å². The Kier molecular flexibility index (Phi) is 39.4. The second-order valence-electron chi connectivity index (χ2n) is 10.8. The molecule has 1 atom stereocenters. The topological polar surface area (TPSA) is 119 Å². The molecule has 0 bridgehead atoms. The molecule has 0 rings (SSSR count). The van der Waals surface area contributed by atoms with Gasteiger partial charge in [-0.1, -0.05) is 59.3 Å². The molecule has 0 amide bonds. The van der Waals surface area contributed by atoms with Crippen LogP contribution >= 0.6 is 0 Å². The summed E-state index contributed by atoms with van der Waals surface area (Å²) in [5.74, 6) is 0.455. The minimum Gasteiger partial charge on any atom is -0.463 e.